The average Bonchev–Trinajstić information content (AvgIpc) is 2.50. The van der Waals surface area contributed by atoms with Gasteiger partial charge in [0.05, 0.1) is 18.7 Å². The molecule has 1 aromatic carbocycles. The van der Waals surface area contributed by atoms with Gasteiger partial charge in [0, 0.05) is 12.1 Å². The van der Waals surface area contributed by atoms with Crippen molar-refractivity contribution in [1.29, 1.82) is 0 Å². The summed E-state index contributed by atoms with van der Waals surface area (Å²) >= 11 is 3.51. The largest absolute Gasteiger partial charge is 0.496 e. The minimum absolute atomic E-state index is 0.813. The van der Waals surface area contributed by atoms with Gasteiger partial charge in [0.25, 0.3) is 0 Å². The molecule has 0 bridgehead atoms. The smallest absolute Gasteiger partial charge is 0.133 e. The number of piperidine rings is 1. The predicted octanol–water partition coefficient (Wildman–Crippen LogP) is 2.90. The van der Waals surface area contributed by atoms with E-state index in [0.29, 0.717) is 0 Å². The Morgan fingerprint density at radius 3 is 2.43 bits per heavy atom. The normalized spacial score (nSPS) is 17.0. The summed E-state index contributed by atoms with van der Waals surface area (Å²) in [5.74, 6) is 2.59. The van der Waals surface area contributed by atoms with E-state index in [1.54, 1.807) is 14.2 Å². The lowest BCUT2D eigenvalue weighted by molar-refractivity contribution is 0.175. The first kappa shape index (κ1) is 16.6. The minimum Gasteiger partial charge on any atom is -0.496 e. The molecule has 1 N–H and O–H groups in total. The van der Waals surface area contributed by atoms with Crippen LogP contribution in [0.1, 0.15) is 18.4 Å². The lowest BCUT2D eigenvalue weighted by atomic mass is 9.96. The summed E-state index contributed by atoms with van der Waals surface area (Å²) < 4.78 is 11.8. The maximum atomic E-state index is 5.50. The lowest BCUT2D eigenvalue weighted by Gasteiger charge is -2.32. The van der Waals surface area contributed by atoms with E-state index in [1.807, 2.05) is 13.1 Å². The van der Waals surface area contributed by atoms with Gasteiger partial charge >= 0.3 is 0 Å². The van der Waals surface area contributed by atoms with Crippen molar-refractivity contribution in [2.75, 3.05) is 40.9 Å². The molecule has 1 heterocycles. The second-order valence-corrected chi connectivity index (χ2v) is 6.43. The molecule has 118 valence electrons. The van der Waals surface area contributed by atoms with E-state index >= 15 is 0 Å². The average molecular weight is 357 g/mol. The van der Waals surface area contributed by atoms with Crippen LogP contribution in [0, 0.1) is 5.92 Å². The molecule has 2 rings (SSSR count). The zero-order valence-electron chi connectivity index (χ0n) is 13.1. The van der Waals surface area contributed by atoms with Crippen LogP contribution in [0.5, 0.6) is 11.5 Å². The number of nitrogens with zero attached hydrogens (tertiary/aromatic N) is 1. The minimum atomic E-state index is 0.813. The summed E-state index contributed by atoms with van der Waals surface area (Å²) in [4.78, 5) is 2.50. The lowest BCUT2D eigenvalue weighted by Crippen LogP contribution is -2.36. The molecule has 0 radical (unpaired) electrons. The second kappa shape index (κ2) is 8.01. The molecule has 1 aromatic rings. The topological polar surface area (TPSA) is 33.7 Å². The Balaban J connectivity index is 2.02. The Kier molecular flexibility index (Phi) is 6.33. The van der Waals surface area contributed by atoms with Gasteiger partial charge in [-0.25, -0.2) is 0 Å². The molecule has 1 aliphatic rings. The van der Waals surface area contributed by atoms with Crippen LogP contribution in [0.3, 0.4) is 0 Å². The molecular formula is C16H25BrN2O2. The molecule has 0 amide bonds. The SMILES string of the molecule is CNCC1CCN(Cc2cc(OC)c(Br)cc2OC)CC1. The highest BCUT2D eigenvalue weighted by Gasteiger charge is 2.20. The molecule has 0 unspecified atom stereocenters. The fourth-order valence-corrected chi connectivity index (χ4v) is 3.41. The van der Waals surface area contributed by atoms with E-state index in [-0.39, 0.29) is 0 Å². The number of hydrogen-bond donors (Lipinski definition) is 1. The molecule has 0 atom stereocenters. The zero-order chi connectivity index (χ0) is 15.2. The van der Waals surface area contributed by atoms with E-state index in [9.17, 15) is 0 Å². The van der Waals surface area contributed by atoms with Crippen LogP contribution in [-0.4, -0.2) is 45.8 Å². The molecule has 1 saturated heterocycles. The van der Waals surface area contributed by atoms with Crippen LogP contribution in [0.4, 0.5) is 0 Å². The van der Waals surface area contributed by atoms with Crippen molar-refractivity contribution in [3.05, 3.63) is 22.2 Å². The third kappa shape index (κ3) is 4.34. The van der Waals surface area contributed by atoms with Crippen molar-refractivity contribution in [2.24, 2.45) is 5.92 Å². The Labute approximate surface area is 135 Å². The number of nitrogens with one attached hydrogen (secondary N) is 1. The highest BCUT2D eigenvalue weighted by atomic mass is 79.9. The van der Waals surface area contributed by atoms with Gasteiger partial charge < -0.3 is 14.8 Å². The number of hydrogen-bond acceptors (Lipinski definition) is 4. The van der Waals surface area contributed by atoms with Crippen LogP contribution in [0.15, 0.2) is 16.6 Å². The van der Waals surface area contributed by atoms with Crippen molar-refractivity contribution in [3.63, 3.8) is 0 Å². The number of ether oxygens (including phenoxy) is 2. The van der Waals surface area contributed by atoms with Gasteiger partial charge in [0.1, 0.15) is 11.5 Å². The number of likely N-dealkylation sites (tertiary alicyclic amines) is 1. The molecule has 0 aliphatic carbocycles. The van der Waals surface area contributed by atoms with Crippen molar-refractivity contribution >= 4 is 15.9 Å². The molecule has 4 nitrogen and oxygen atoms in total. The van der Waals surface area contributed by atoms with Crippen molar-refractivity contribution in [1.82, 2.24) is 10.2 Å². The first-order chi connectivity index (χ1) is 10.2. The van der Waals surface area contributed by atoms with Crippen molar-refractivity contribution in [2.45, 2.75) is 19.4 Å². The number of halogens is 1. The second-order valence-electron chi connectivity index (χ2n) is 5.58. The van der Waals surface area contributed by atoms with Crippen LogP contribution in [-0.2, 0) is 6.54 Å². The molecule has 0 aromatic heterocycles. The summed E-state index contributed by atoms with van der Waals surface area (Å²) in [5.41, 5.74) is 1.18. The summed E-state index contributed by atoms with van der Waals surface area (Å²) in [7, 11) is 5.45. The summed E-state index contributed by atoms with van der Waals surface area (Å²) in [6.45, 7) is 4.34. The molecule has 5 heteroatoms. The Bertz CT molecular complexity index is 460. The third-order valence-electron chi connectivity index (χ3n) is 4.15. The number of methoxy groups -OCH3 is 2. The third-order valence-corrected chi connectivity index (χ3v) is 4.77. The zero-order valence-corrected chi connectivity index (χ0v) is 14.7. The molecular weight excluding hydrogens is 332 g/mol. The summed E-state index contributed by atoms with van der Waals surface area (Å²) in [6.07, 6.45) is 2.52. The van der Waals surface area contributed by atoms with Gasteiger partial charge in [-0.05, 0) is 73.5 Å². The maximum Gasteiger partial charge on any atom is 0.133 e. The van der Waals surface area contributed by atoms with Crippen LogP contribution in [0.25, 0.3) is 0 Å². The van der Waals surface area contributed by atoms with Crippen LogP contribution >= 0.6 is 15.9 Å². The fraction of sp³-hybridized carbons (Fsp3) is 0.625. The van der Waals surface area contributed by atoms with E-state index in [1.165, 1.54) is 18.4 Å². The van der Waals surface area contributed by atoms with Crippen LogP contribution in [0.2, 0.25) is 0 Å². The molecule has 1 aliphatic heterocycles. The summed E-state index contributed by atoms with van der Waals surface area (Å²) in [5, 5.41) is 3.28. The molecule has 0 saturated carbocycles. The van der Waals surface area contributed by atoms with Gasteiger partial charge in [-0.15, -0.1) is 0 Å². The van der Waals surface area contributed by atoms with Crippen molar-refractivity contribution < 1.29 is 9.47 Å². The van der Waals surface area contributed by atoms with E-state index < -0.39 is 0 Å². The van der Waals surface area contributed by atoms with Gasteiger partial charge in [-0.3, -0.25) is 4.90 Å². The van der Waals surface area contributed by atoms with Gasteiger partial charge in [-0.1, -0.05) is 0 Å². The Hall–Kier alpha value is -0.780. The highest BCUT2D eigenvalue weighted by Crippen LogP contribution is 2.34. The molecule has 0 spiro atoms. The maximum absolute atomic E-state index is 5.50. The molecule has 1 fully saturated rings. The monoisotopic (exact) mass is 356 g/mol. The Morgan fingerprint density at radius 2 is 1.86 bits per heavy atom. The molecule has 21 heavy (non-hydrogen) atoms. The first-order valence-corrected chi connectivity index (χ1v) is 8.24. The van der Waals surface area contributed by atoms with Crippen LogP contribution < -0.4 is 14.8 Å². The summed E-state index contributed by atoms with van der Waals surface area (Å²) in [6, 6.07) is 4.06. The van der Waals surface area contributed by atoms with E-state index in [4.69, 9.17) is 9.47 Å². The highest BCUT2D eigenvalue weighted by molar-refractivity contribution is 9.10. The van der Waals surface area contributed by atoms with Gasteiger partial charge in [-0.2, -0.15) is 0 Å². The van der Waals surface area contributed by atoms with Crippen molar-refractivity contribution in [3.8, 4) is 11.5 Å². The van der Waals surface area contributed by atoms with Gasteiger partial charge in [0.15, 0.2) is 0 Å². The first-order valence-electron chi connectivity index (χ1n) is 7.45. The van der Waals surface area contributed by atoms with E-state index in [0.717, 1.165) is 48.1 Å². The standard InChI is InChI=1S/C16H25BrN2O2/c1-18-10-12-4-6-19(7-5-12)11-13-8-16(21-3)14(17)9-15(13)20-2/h8-9,12,18H,4-7,10-11H2,1-3H3. The Morgan fingerprint density at radius 1 is 1.19 bits per heavy atom. The predicted molar refractivity (Wildman–Crippen MR) is 89.2 cm³/mol. The number of rotatable bonds is 6. The van der Waals surface area contributed by atoms with Gasteiger partial charge in [0.2, 0.25) is 0 Å². The fourth-order valence-electron chi connectivity index (χ4n) is 2.93. The number of benzene rings is 1. The quantitative estimate of drug-likeness (QED) is 0.849. The van der Waals surface area contributed by atoms with E-state index in [2.05, 4.69) is 32.2 Å².